The number of carbonyl (C=O) groups is 2. The molecule has 8 heteroatoms. The molecule has 0 aliphatic rings. The third kappa shape index (κ3) is 4.56. The lowest BCUT2D eigenvalue weighted by Crippen LogP contribution is -2.22. The second kappa shape index (κ2) is 7.60. The van der Waals surface area contributed by atoms with Crippen molar-refractivity contribution in [3.05, 3.63) is 64.2 Å². The number of hydrogen-bond donors (Lipinski definition) is 2. The van der Waals surface area contributed by atoms with E-state index in [2.05, 4.69) is 5.32 Å². The monoisotopic (exact) mass is 345 g/mol. The van der Waals surface area contributed by atoms with E-state index in [1.54, 1.807) is 37.3 Å². The molecule has 2 amide bonds. The lowest BCUT2D eigenvalue weighted by atomic mass is 10.2. The molecule has 124 valence electrons. The Morgan fingerprint density at radius 2 is 1.88 bits per heavy atom. The smallest absolute Gasteiger partial charge is 0.269 e. The summed E-state index contributed by atoms with van der Waals surface area (Å²) >= 11 is 1.28. The lowest BCUT2D eigenvalue weighted by molar-refractivity contribution is -0.384. The van der Waals surface area contributed by atoms with Gasteiger partial charge in [0, 0.05) is 28.3 Å². The zero-order valence-corrected chi connectivity index (χ0v) is 13.6. The largest absolute Gasteiger partial charge is 0.366 e. The Morgan fingerprint density at radius 1 is 1.21 bits per heavy atom. The highest BCUT2D eigenvalue weighted by Gasteiger charge is 2.16. The quantitative estimate of drug-likeness (QED) is 0.474. The van der Waals surface area contributed by atoms with Gasteiger partial charge in [0.1, 0.15) is 0 Å². The van der Waals surface area contributed by atoms with Crippen molar-refractivity contribution in [2.75, 3.05) is 5.32 Å². The number of amides is 2. The van der Waals surface area contributed by atoms with Crippen molar-refractivity contribution in [2.45, 2.75) is 17.1 Å². The van der Waals surface area contributed by atoms with Crippen molar-refractivity contribution in [2.24, 2.45) is 5.73 Å². The number of nitrogens with two attached hydrogens (primary N) is 1. The van der Waals surface area contributed by atoms with Gasteiger partial charge in [0.2, 0.25) is 11.8 Å². The van der Waals surface area contributed by atoms with Gasteiger partial charge in [-0.1, -0.05) is 6.07 Å². The molecule has 0 heterocycles. The lowest BCUT2D eigenvalue weighted by Gasteiger charge is -2.12. The summed E-state index contributed by atoms with van der Waals surface area (Å²) in [5.74, 6) is -0.820. The summed E-state index contributed by atoms with van der Waals surface area (Å²) in [6.07, 6.45) is 0. The number of nitro benzene ring substituents is 1. The standard InChI is InChI=1S/C16H15N3O4S/c1-10(24-14-7-5-13(6-8-14)19(22)23)16(21)18-12-4-2-3-11(9-12)15(17)20/h2-10H,1H3,(H2,17,20)(H,18,21)/t10-/m1/s1. The number of hydrogen-bond acceptors (Lipinski definition) is 5. The van der Waals surface area contributed by atoms with Crippen LogP contribution in [0.3, 0.4) is 0 Å². The summed E-state index contributed by atoms with van der Waals surface area (Å²) in [6, 6.07) is 12.3. The van der Waals surface area contributed by atoms with E-state index in [0.29, 0.717) is 11.3 Å². The van der Waals surface area contributed by atoms with Gasteiger partial charge in [-0.05, 0) is 37.3 Å². The summed E-state index contributed by atoms with van der Waals surface area (Å²) in [5.41, 5.74) is 5.99. The van der Waals surface area contributed by atoms with Crippen LogP contribution in [0.5, 0.6) is 0 Å². The number of anilines is 1. The Bertz CT molecular complexity index is 777. The first-order chi connectivity index (χ1) is 11.4. The van der Waals surface area contributed by atoms with Crippen molar-refractivity contribution in [1.29, 1.82) is 0 Å². The Morgan fingerprint density at radius 3 is 2.46 bits per heavy atom. The third-order valence-electron chi connectivity index (χ3n) is 3.14. The van der Waals surface area contributed by atoms with Crippen LogP contribution in [-0.4, -0.2) is 22.0 Å². The van der Waals surface area contributed by atoms with Crippen LogP contribution in [0.2, 0.25) is 0 Å². The van der Waals surface area contributed by atoms with E-state index >= 15 is 0 Å². The molecule has 0 saturated heterocycles. The van der Waals surface area contributed by atoms with Crippen molar-refractivity contribution in [3.8, 4) is 0 Å². The maximum Gasteiger partial charge on any atom is 0.269 e. The number of nitrogens with one attached hydrogen (secondary N) is 1. The Hall–Kier alpha value is -2.87. The van der Waals surface area contributed by atoms with Gasteiger partial charge in [-0.25, -0.2) is 0 Å². The van der Waals surface area contributed by atoms with E-state index < -0.39 is 16.1 Å². The highest BCUT2D eigenvalue weighted by molar-refractivity contribution is 8.00. The van der Waals surface area contributed by atoms with Crippen LogP contribution in [0.4, 0.5) is 11.4 Å². The number of nitro groups is 1. The molecule has 0 unspecified atom stereocenters. The topological polar surface area (TPSA) is 115 Å². The molecule has 7 nitrogen and oxygen atoms in total. The summed E-state index contributed by atoms with van der Waals surface area (Å²) in [5, 5.41) is 12.9. The molecular weight excluding hydrogens is 330 g/mol. The van der Waals surface area contributed by atoms with Gasteiger partial charge in [0.15, 0.2) is 0 Å². The molecule has 0 aromatic heterocycles. The second-order valence-corrected chi connectivity index (χ2v) is 6.36. The molecule has 0 aliphatic carbocycles. The van der Waals surface area contributed by atoms with E-state index in [1.807, 2.05) is 0 Å². The van der Waals surface area contributed by atoms with Gasteiger partial charge in [0.25, 0.3) is 5.69 Å². The highest BCUT2D eigenvalue weighted by atomic mass is 32.2. The molecular formula is C16H15N3O4S. The van der Waals surface area contributed by atoms with Crippen LogP contribution < -0.4 is 11.1 Å². The van der Waals surface area contributed by atoms with Crippen molar-refractivity contribution >= 4 is 35.0 Å². The molecule has 1 atom stereocenters. The predicted octanol–water partition coefficient (Wildman–Crippen LogP) is 2.81. The van der Waals surface area contributed by atoms with E-state index in [1.165, 1.54) is 30.0 Å². The molecule has 2 rings (SSSR count). The van der Waals surface area contributed by atoms with Crippen LogP contribution in [0.25, 0.3) is 0 Å². The Balaban J connectivity index is 2.00. The number of carbonyl (C=O) groups excluding carboxylic acids is 2. The van der Waals surface area contributed by atoms with Crippen molar-refractivity contribution < 1.29 is 14.5 Å². The van der Waals surface area contributed by atoms with Gasteiger partial charge in [0.05, 0.1) is 10.2 Å². The summed E-state index contributed by atoms with van der Waals surface area (Å²) < 4.78 is 0. The molecule has 0 aliphatic heterocycles. The number of non-ortho nitro benzene ring substituents is 1. The number of benzene rings is 2. The first kappa shape index (κ1) is 17.5. The molecule has 0 bridgehead atoms. The fourth-order valence-corrected chi connectivity index (χ4v) is 2.77. The summed E-state index contributed by atoms with van der Waals surface area (Å²) in [6.45, 7) is 1.72. The minimum atomic E-state index is -0.570. The predicted molar refractivity (Wildman–Crippen MR) is 92.0 cm³/mol. The van der Waals surface area contributed by atoms with Gasteiger partial charge < -0.3 is 11.1 Å². The molecule has 2 aromatic carbocycles. The fraction of sp³-hybridized carbons (Fsp3) is 0.125. The molecule has 24 heavy (non-hydrogen) atoms. The van der Waals surface area contributed by atoms with Crippen LogP contribution in [0, 0.1) is 10.1 Å². The molecule has 3 N–H and O–H groups in total. The number of nitrogens with zero attached hydrogens (tertiary/aromatic N) is 1. The van der Waals surface area contributed by atoms with Crippen LogP contribution in [-0.2, 0) is 4.79 Å². The normalized spacial score (nSPS) is 11.5. The summed E-state index contributed by atoms with van der Waals surface area (Å²) in [4.78, 5) is 34.3. The zero-order valence-electron chi connectivity index (χ0n) is 12.8. The minimum Gasteiger partial charge on any atom is -0.366 e. The van der Waals surface area contributed by atoms with Crippen molar-refractivity contribution in [1.82, 2.24) is 0 Å². The Labute approximate surface area is 142 Å². The Kier molecular flexibility index (Phi) is 5.54. The highest BCUT2D eigenvalue weighted by Crippen LogP contribution is 2.26. The van der Waals surface area contributed by atoms with Gasteiger partial charge in [-0.3, -0.25) is 19.7 Å². The molecule has 2 aromatic rings. The van der Waals surface area contributed by atoms with Gasteiger partial charge in [-0.2, -0.15) is 0 Å². The molecule has 0 radical (unpaired) electrons. The van der Waals surface area contributed by atoms with E-state index in [4.69, 9.17) is 5.73 Å². The molecule has 0 saturated carbocycles. The first-order valence-corrected chi connectivity index (χ1v) is 7.86. The second-order valence-electron chi connectivity index (χ2n) is 4.95. The number of primary amides is 1. The van der Waals surface area contributed by atoms with Crippen LogP contribution >= 0.6 is 11.8 Å². The number of thioether (sulfide) groups is 1. The SMILES string of the molecule is C[C@@H](Sc1ccc([N+](=O)[O-])cc1)C(=O)Nc1cccc(C(N)=O)c1. The zero-order chi connectivity index (χ0) is 17.7. The minimum absolute atomic E-state index is 0.000258. The van der Waals surface area contributed by atoms with Gasteiger partial charge in [-0.15, -0.1) is 11.8 Å². The maximum absolute atomic E-state index is 12.2. The fourth-order valence-electron chi connectivity index (χ4n) is 1.90. The molecule has 0 fully saturated rings. The third-order valence-corrected chi connectivity index (χ3v) is 4.26. The first-order valence-electron chi connectivity index (χ1n) is 6.98. The maximum atomic E-state index is 12.2. The van der Waals surface area contributed by atoms with E-state index in [9.17, 15) is 19.7 Å². The van der Waals surface area contributed by atoms with Gasteiger partial charge >= 0.3 is 0 Å². The number of rotatable bonds is 6. The average Bonchev–Trinajstić information content (AvgIpc) is 2.55. The average molecular weight is 345 g/mol. The van der Waals surface area contributed by atoms with Crippen LogP contribution in [0.1, 0.15) is 17.3 Å². The van der Waals surface area contributed by atoms with E-state index in [-0.39, 0.29) is 11.6 Å². The molecule has 0 spiro atoms. The summed E-state index contributed by atoms with van der Waals surface area (Å²) in [7, 11) is 0. The van der Waals surface area contributed by atoms with E-state index in [0.717, 1.165) is 4.90 Å². The van der Waals surface area contributed by atoms with Crippen molar-refractivity contribution in [3.63, 3.8) is 0 Å². The van der Waals surface area contributed by atoms with Crippen LogP contribution in [0.15, 0.2) is 53.4 Å².